The molecule has 0 spiro atoms. The summed E-state index contributed by atoms with van der Waals surface area (Å²) < 4.78 is 0. The van der Waals surface area contributed by atoms with Crippen LogP contribution in [0.3, 0.4) is 0 Å². The molecule has 0 saturated heterocycles. The highest BCUT2D eigenvalue weighted by Crippen LogP contribution is 2.16. The van der Waals surface area contributed by atoms with Gasteiger partial charge in [0.05, 0.1) is 5.69 Å². The van der Waals surface area contributed by atoms with Crippen LogP contribution in [0.4, 0.5) is 0 Å². The molecule has 0 fully saturated rings. The van der Waals surface area contributed by atoms with Crippen LogP contribution in [0.5, 0.6) is 0 Å². The van der Waals surface area contributed by atoms with E-state index in [1.165, 1.54) is 0 Å². The predicted octanol–water partition coefficient (Wildman–Crippen LogP) is 2.89. The number of aromatic nitrogens is 1. The number of hydrogen-bond acceptors (Lipinski definition) is 2. The van der Waals surface area contributed by atoms with Gasteiger partial charge < -0.3 is 5.32 Å². The first-order valence-electron chi connectivity index (χ1n) is 6.00. The number of pyridine rings is 1. The second kappa shape index (κ2) is 5.45. The van der Waals surface area contributed by atoms with Gasteiger partial charge in [-0.25, -0.2) is 4.98 Å². The number of hydrogen-bond donors (Lipinski definition) is 1. The van der Waals surface area contributed by atoms with Crippen molar-refractivity contribution in [2.45, 2.75) is 19.9 Å². The molecule has 0 saturated carbocycles. The third-order valence-corrected chi connectivity index (χ3v) is 2.47. The molecule has 1 aromatic heterocycles. The van der Waals surface area contributed by atoms with Crippen LogP contribution in [0.1, 0.15) is 24.3 Å². The minimum absolute atomic E-state index is 0.111. The molecule has 0 unspecified atom stereocenters. The molecule has 0 aliphatic carbocycles. The summed E-state index contributed by atoms with van der Waals surface area (Å²) in [6.45, 7) is 3.86. The minimum atomic E-state index is -0.136. The van der Waals surface area contributed by atoms with Crippen LogP contribution in [0.15, 0.2) is 48.5 Å². The Kier molecular flexibility index (Phi) is 3.72. The van der Waals surface area contributed by atoms with Crippen LogP contribution in [-0.4, -0.2) is 16.9 Å². The fourth-order valence-electron chi connectivity index (χ4n) is 1.67. The van der Waals surface area contributed by atoms with Gasteiger partial charge >= 0.3 is 0 Å². The normalized spacial score (nSPS) is 10.4. The van der Waals surface area contributed by atoms with Crippen LogP contribution < -0.4 is 5.32 Å². The highest BCUT2D eigenvalue weighted by Gasteiger charge is 2.09. The summed E-state index contributed by atoms with van der Waals surface area (Å²) in [5, 5.41) is 2.84. The van der Waals surface area contributed by atoms with Crippen LogP contribution in [-0.2, 0) is 0 Å². The highest BCUT2D eigenvalue weighted by atomic mass is 16.1. The van der Waals surface area contributed by atoms with E-state index in [0.717, 1.165) is 11.3 Å². The molecule has 3 nitrogen and oxygen atoms in total. The Bertz CT molecular complexity index is 535. The Morgan fingerprint density at radius 1 is 1.06 bits per heavy atom. The third-order valence-electron chi connectivity index (χ3n) is 2.47. The molecule has 1 amide bonds. The number of nitrogens with zero attached hydrogens (tertiary/aromatic N) is 1. The van der Waals surface area contributed by atoms with Crippen molar-refractivity contribution in [1.29, 1.82) is 0 Å². The number of nitrogens with one attached hydrogen (secondary N) is 1. The van der Waals surface area contributed by atoms with Crippen LogP contribution in [0.25, 0.3) is 11.3 Å². The number of rotatable bonds is 3. The van der Waals surface area contributed by atoms with Gasteiger partial charge in [0.15, 0.2) is 0 Å². The quantitative estimate of drug-likeness (QED) is 0.896. The third kappa shape index (κ3) is 2.94. The topological polar surface area (TPSA) is 42.0 Å². The molecule has 0 aliphatic heterocycles. The lowest BCUT2D eigenvalue weighted by Crippen LogP contribution is -2.30. The van der Waals surface area contributed by atoms with E-state index in [0.29, 0.717) is 5.69 Å². The maximum Gasteiger partial charge on any atom is 0.270 e. The van der Waals surface area contributed by atoms with Crippen molar-refractivity contribution in [1.82, 2.24) is 10.3 Å². The van der Waals surface area contributed by atoms with Gasteiger partial charge in [-0.05, 0) is 26.0 Å². The Hall–Kier alpha value is -2.16. The van der Waals surface area contributed by atoms with E-state index in [1.54, 1.807) is 6.07 Å². The number of benzene rings is 1. The Morgan fingerprint density at radius 2 is 1.78 bits per heavy atom. The van der Waals surface area contributed by atoms with E-state index in [-0.39, 0.29) is 11.9 Å². The molecule has 0 atom stereocenters. The predicted molar refractivity (Wildman–Crippen MR) is 72.3 cm³/mol. The van der Waals surface area contributed by atoms with E-state index in [1.807, 2.05) is 56.3 Å². The molecule has 0 aliphatic rings. The molecular weight excluding hydrogens is 224 g/mol. The van der Waals surface area contributed by atoms with Crippen molar-refractivity contribution in [2.75, 3.05) is 0 Å². The first-order chi connectivity index (χ1) is 8.66. The highest BCUT2D eigenvalue weighted by molar-refractivity contribution is 5.92. The Morgan fingerprint density at radius 3 is 2.44 bits per heavy atom. The first kappa shape index (κ1) is 12.3. The Labute approximate surface area is 107 Å². The average Bonchev–Trinajstić information content (AvgIpc) is 2.39. The van der Waals surface area contributed by atoms with Crippen molar-refractivity contribution in [3.8, 4) is 11.3 Å². The van der Waals surface area contributed by atoms with Gasteiger partial charge in [-0.3, -0.25) is 4.79 Å². The fourth-order valence-corrected chi connectivity index (χ4v) is 1.67. The van der Waals surface area contributed by atoms with Gasteiger partial charge in [-0.2, -0.15) is 0 Å². The molecule has 2 aromatic rings. The second-order valence-corrected chi connectivity index (χ2v) is 4.40. The number of amides is 1. The van der Waals surface area contributed by atoms with Gasteiger partial charge in [-0.15, -0.1) is 0 Å². The van der Waals surface area contributed by atoms with E-state index >= 15 is 0 Å². The lowest BCUT2D eigenvalue weighted by molar-refractivity contribution is 0.0938. The molecule has 0 bridgehead atoms. The lowest BCUT2D eigenvalue weighted by Gasteiger charge is -2.08. The summed E-state index contributed by atoms with van der Waals surface area (Å²) in [4.78, 5) is 16.2. The number of carbonyl (C=O) groups excluding carboxylic acids is 1. The fraction of sp³-hybridized carbons (Fsp3) is 0.200. The van der Waals surface area contributed by atoms with Crippen molar-refractivity contribution >= 4 is 5.91 Å². The van der Waals surface area contributed by atoms with Crippen LogP contribution in [0.2, 0.25) is 0 Å². The zero-order valence-corrected chi connectivity index (χ0v) is 10.6. The van der Waals surface area contributed by atoms with E-state index in [9.17, 15) is 4.79 Å². The van der Waals surface area contributed by atoms with Gasteiger partial charge in [0.2, 0.25) is 0 Å². The zero-order valence-electron chi connectivity index (χ0n) is 10.6. The maximum atomic E-state index is 11.9. The molecule has 1 N–H and O–H groups in total. The molecule has 1 aromatic carbocycles. The molecule has 1 heterocycles. The molecule has 18 heavy (non-hydrogen) atoms. The smallest absolute Gasteiger partial charge is 0.270 e. The number of carbonyl (C=O) groups is 1. The van der Waals surface area contributed by atoms with Crippen molar-refractivity contribution in [3.05, 3.63) is 54.2 Å². The summed E-state index contributed by atoms with van der Waals surface area (Å²) in [6, 6.07) is 15.4. The molecule has 2 rings (SSSR count). The van der Waals surface area contributed by atoms with E-state index in [4.69, 9.17) is 0 Å². The summed E-state index contributed by atoms with van der Waals surface area (Å²) in [6.07, 6.45) is 0. The van der Waals surface area contributed by atoms with Gasteiger partial charge in [0.25, 0.3) is 5.91 Å². The standard InChI is InChI=1S/C15H16N2O/c1-11(2)16-15(18)14-10-6-9-13(17-14)12-7-4-3-5-8-12/h3-11H,1-2H3,(H,16,18). The first-order valence-corrected chi connectivity index (χ1v) is 6.00. The summed E-state index contributed by atoms with van der Waals surface area (Å²) in [7, 11) is 0. The minimum Gasteiger partial charge on any atom is -0.349 e. The van der Waals surface area contributed by atoms with Gasteiger partial charge in [0, 0.05) is 11.6 Å². The molecule has 3 heteroatoms. The summed E-state index contributed by atoms with van der Waals surface area (Å²) in [5.74, 6) is -0.136. The summed E-state index contributed by atoms with van der Waals surface area (Å²) >= 11 is 0. The van der Waals surface area contributed by atoms with E-state index < -0.39 is 0 Å². The largest absolute Gasteiger partial charge is 0.349 e. The summed E-state index contributed by atoms with van der Waals surface area (Å²) in [5.41, 5.74) is 2.27. The monoisotopic (exact) mass is 240 g/mol. The average molecular weight is 240 g/mol. The van der Waals surface area contributed by atoms with Crippen molar-refractivity contribution in [3.63, 3.8) is 0 Å². The van der Waals surface area contributed by atoms with Crippen molar-refractivity contribution < 1.29 is 4.79 Å². The SMILES string of the molecule is CC(C)NC(=O)c1cccc(-c2ccccc2)n1. The van der Waals surface area contributed by atoms with Crippen LogP contribution >= 0.6 is 0 Å². The molecule has 92 valence electrons. The van der Waals surface area contributed by atoms with Gasteiger partial charge in [-0.1, -0.05) is 36.4 Å². The lowest BCUT2D eigenvalue weighted by atomic mass is 10.1. The van der Waals surface area contributed by atoms with E-state index in [2.05, 4.69) is 10.3 Å². The van der Waals surface area contributed by atoms with Crippen molar-refractivity contribution in [2.24, 2.45) is 0 Å². The zero-order chi connectivity index (χ0) is 13.0. The molecule has 0 radical (unpaired) electrons. The van der Waals surface area contributed by atoms with Gasteiger partial charge in [0.1, 0.15) is 5.69 Å². The maximum absolute atomic E-state index is 11.9. The molecular formula is C15H16N2O. The second-order valence-electron chi connectivity index (χ2n) is 4.40. The Balaban J connectivity index is 2.28. The van der Waals surface area contributed by atoms with Crippen LogP contribution in [0, 0.1) is 0 Å².